The highest BCUT2D eigenvalue weighted by molar-refractivity contribution is 8.01. The van der Waals surface area contributed by atoms with Crippen LogP contribution >= 0.6 is 23.1 Å². The highest BCUT2D eigenvalue weighted by Crippen LogP contribution is 2.26. The second kappa shape index (κ2) is 9.80. The number of benzene rings is 2. The molecule has 0 aliphatic carbocycles. The lowest BCUT2D eigenvalue weighted by Gasteiger charge is -2.05. The lowest BCUT2D eigenvalue weighted by molar-refractivity contribution is -0.384. The Morgan fingerprint density at radius 1 is 1.10 bits per heavy atom. The smallest absolute Gasteiger partial charge is 0.269 e. The zero-order valence-electron chi connectivity index (χ0n) is 15.5. The Kier molecular flexibility index (Phi) is 6.93. The fourth-order valence-electron chi connectivity index (χ4n) is 2.22. The predicted molar refractivity (Wildman–Crippen MR) is 113 cm³/mol. The van der Waals surface area contributed by atoms with Crippen molar-refractivity contribution in [2.24, 2.45) is 0 Å². The van der Waals surface area contributed by atoms with Gasteiger partial charge >= 0.3 is 0 Å². The number of anilines is 2. The molecule has 0 saturated carbocycles. The number of nitro benzene ring substituents is 1. The molecule has 12 heteroatoms. The van der Waals surface area contributed by atoms with Crippen molar-refractivity contribution in [3.8, 4) is 5.75 Å². The lowest BCUT2D eigenvalue weighted by atomic mass is 10.2. The lowest BCUT2D eigenvalue weighted by Crippen LogP contribution is -2.13. The molecule has 0 atom stereocenters. The first-order valence-electron chi connectivity index (χ1n) is 8.40. The molecule has 10 nitrogen and oxygen atoms in total. The second-order valence-electron chi connectivity index (χ2n) is 5.70. The molecule has 0 saturated heterocycles. The molecule has 2 aromatic carbocycles. The summed E-state index contributed by atoms with van der Waals surface area (Å²) < 4.78 is 5.58. The molecular formula is C18H15N5O5S2. The Bertz CT molecular complexity index is 1050. The van der Waals surface area contributed by atoms with E-state index in [1.54, 1.807) is 31.4 Å². The third-order valence-corrected chi connectivity index (χ3v) is 5.64. The number of amides is 2. The van der Waals surface area contributed by atoms with E-state index in [1.165, 1.54) is 36.0 Å². The van der Waals surface area contributed by atoms with Gasteiger partial charge in [0.15, 0.2) is 4.34 Å². The Morgan fingerprint density at radius 2 is 1.80 bits per heavy atom. The number of aromatic nitrogens is 2. The summed E-state index contributed by atoms with van der Waals surface area (Å²) in [4.78, 5) is 34.4. The minimum absolute atomic E-state index is 0.103. The molecule has 0 unspecified atom stereocenters. The predicted octanol–water partition coefficient (Wildman–Crippen LogP) is 3.44. The van der Waals surface area contributed by atoms with Gasteiger partial charge in [0.2, 0.25) is 11.0 Å². The summed E-state index contributed by atoms with van der Waals surface area (Å²) in [5, 5.41) is 24.1. The number of hydrogen-bond donors (Lipinski definition) is 2. The maximum atomic E-state index is 12.2. The minimum Gasteiger partial charge on any atom is -0.497 e. The maximum absolute atomic E-state index is 12.2. The van der Waals surface area contributed by atoms with Gasteiger partial charge < -0.3 is 10.1 Å². The number of carbonyl (C=O) groups excluding carboxylic acids is 2. The Balaban J connectivity index is 1.49. The van der Waals surface area contributed by atoms with Crippen molar-refractivity contribution < 1.29 is 19.2 Å². The van der Waals surface area contributed by atoms with E-state index in [0.717, 1.165) is 11.3 Å². The molecule has 3 rings (SSSR count). The van der Waals surface area contributed by atoms with Crippen LogP contribution < -0.4 is 15.4 Å². The van der Waals surface area contributed by atoms with E-state index in [2.05, 4.69) is 20.8 Å². The van der Waals surface area contributed by atoms with Crippen LogP contribution in [-0.2, 0) is 4.79 Å². The maximum Gasteiger partial charge on any atom is 0.269 e. The van der Waals surface area contributed by atoms with Gasteiger partial charge in [0.25, 0.3) is 11.6 Å². The van der Waals surface area contributed by atoms with E-state index in [0.29, 0.717) is 15.8 Å². The van der Waals surface area contributed by atoms with Gasteiger partial charge in [-0.15, -0.1) is 10.2 Å². The van der Waals surface area contributed by atoms with E-state index in [9.17, 15) is 19.7 Å². The van der Waals surface area contributed by atoms with E-state index in [4.69, 9.17) is 4.74 Å². The Hall–Kier alpha value is -3.51. The van der Waals surface area contributed by atoms with Gasteiger partial charge in [0.05, 0.1) is 17.8 Å². The molecule has 3 aromatic rings. The number of rotatable bonds is 8. The third-order valence-electron chi connectivity index (χ3n) is 3.67. The summed E-state index contributed by atoms with van der Waals surface area (Å²) in [5.41, 5.74) is 0.799. The molecule has 154 valence electrons. The van der Waals surface area contributed by atoms with Gasteiger partial charge in [-0.25, -0.2) is 0 Å². The SMILES string of the molecule is COc1ccc(NC(=O)CSc2nnc(NC(=O)c3ccc([N+](=O)[O-])cc3)s2)cc1. The van der Waals surface area contributed by atoms with Crippen LogP contribution in [-0.4, -0.2) is 39.8 Å². The number of non-ortho nitro benzene ring substituents is 1. The zero-order chi connectivity index (χ0) is 21.5. The minimum atomic E-state index is -0.541. The quantitative estimate of drug-likeness (QED) is 0.233. The second-order valence-corrected chi connectivity index (χ2v) is 7.90. The number of methoxy groups -OCH3 is 1. The molecular weight excluding hydrogens is 430 g/mol. The molecule has 0 fully saturated rings. The fourth-order valence-corrected chi connectivity index (χ4v) is 3.77. The van der Waals surface area contributed by atoms with Crippen molar-refractivity contribution >= 4 is 51.4 Å². The van der Waals surface area contributed by atoms with E-state index in [1.807, 2.05) is 0 Å². The molecule has 30 heavy (non-hydrogen) atoms. The largest absolute Gasteiger partial charge is 0.497 e. The molecule has 2 N–H and O–H groups in total. The van der Waals surface area contributed by atoms with Gasteiger partial charge in [-0.3, -0.25) is 25.0 Å². The van der Waals surface area contributed by atoms with E-state index >= 15 is 0 Å². The number of nitro groups is 1. The van der Waals surface area contributed by atoms with Gasteiger partial charge in [-0.2, -0.15) is 0 Å². The topological polar surface area (TPSA) is 136 Å². The third kappa shape index (κ3) is 5.75. The molecule has 0 bridgehead atoms. The average Bonchev–Trinajstić information content (AvgIpc) is 3.20. The van der Waals surface area contributed by atoms with Crippen molar-refractivity contribution in [1.82, 2.24) is 10.2 Å². The number of carbonyl (C=O) groups is 2. The van der Waals surface area contributed by atoms with Crippen molar-refractivity contribution in [3.63, 3.8) is 0 Å². The number of nitrogens with zero attached hydrogens (tertiary/aromatic N) is 3. The number of nitrogens with one attached hydrogen (secondary N) is 2. The standard InChI is InChI=1S/C18H15N5O5S2/c1-28-14-8-4-12(5-9-14)19-15(24)10-29-18-22-21-17(30-18)20-16(25)11-2-6-13(7-3-11)23(26)27/h2-9H,10H2,1H3,(H,19,24)(H,20,21,25). The van der Waals surface area contributed by atoms with Crippen LogP contribution in [0.4, 0.5) is 16.5 Å². The normalized spacial score (nSPS) is 10.3. The summed E-state index contributed by atoms with van der Waals surface area (Å²) in [7, 11) is 1.56. The van der Waals surface area contributed by atoms with Gasteiger partial charge in [-0.05, 0) is 36.4 Å². The van der Waals surface area contributed by atoms with Crippen LogP contribution in [0, 0.1) is 10.1 Å². The molecule has 0 aliphatic rings. The monoisotopic (exact) mass is 445 g/mol. The number of hydrogen-bond acceptors (Lipinski definition) is 9. The van der Waals surface area contributed by atoms with E-state index < -0.39 is 10.8 Å². The van der Waals surface area contributed by atoms with Crippen LogP contribution in [0.3, 0.4) is 0 Å². The Morgan fingerprint density at radius 3 is 2.43 bits per heavy atom. The Labute approximate surface area is 178 Å². The summed E-state index contributed by atoms with van der Waals surface area (Å²) in [6.45, 7) is 0. The first kappa shape index (κ1) is 21.2. The summed E-state index contributed by atoms with van der Waals surface area (Å²) in [6.07, 6.45) is 0. The van der Waals surface area contributed by atoms with Gasteiger partial charge in [0, 0.05) is 23.4 Å². The van der Waals surface area contributed by atoms with Gasteiger partial charge in [0.1, 0.15) is 5.75 Å². The van der Waals surface area contributed by atoms with Crippen LogP contribution in [0.5, 0.6) is 5.75 Å². The number of ether oxygens (including phenoxy) is 1. The van der Waals surface area contributed by atoms with Gasteiger partial charge in [-0.1, -0.05) is 23.1 Å². The molecule has 1 aromatic heterocycles. The molecule has 2 amide bonds. The zero-order valence-corrected chi connectivity index (χ0v) is 17.2. The first-order valence-corrected chi connectivity index (χ1v) is 10.2. The molecule has 1 heterocycles. The molecule has 0 spiro atoms. The highest BCUT2D eigenvalue weighted by atomic mass is 32.2. The number of thioether (sulfide) groups is 1. The van der Waals surface area contributed by atoms with Crippen molar-refractivity contribution in [2.75, 3.05) is 23.5 Å². The van der Waals surface area contributed by atoms with Crippen LogP contribution in [0.1, 0.15) is 10.4 Å². The van der Waals surface area contributed by atoms with Crippen molar-refractivity contribution in [3.05, 3.63) is 64.2 Å². The van der Waals surface area contributed by atoms with Crippen molar-refractivity contribution in [2.45, 2.75) is 4.34 Å². The van der Waals surface area contributed by atoms with Crippen LogP contribution in [0.25, 0.3) is 0 Å². The fraction of sp³-hybridized carbons (Fsp3) is 0.111. The molecule has 0 radical (unpaired) electrons. The first-order chi connectivity index (χ1) is 14.4. The summed E-state index contributed by atoms with van der Waals surface area (Å²) >= 11 is 2.31. The average molecular weight is 445 g/mol. The summed E-state index contributed by atoms with van der Waals surface area (Å²) in [6, 6.07) is 12.2. The van der Waals surface area contributed by atoms with Crippen LogP contribution in [0.2, 0.25) is 0 Å². The van der Waals surface area contributed by atoms with E-state index in [-0.39, 0.29) is 28.0 Å². The summed E-state index contributed by atoms with van der Waals surface area (Å²) in [5.74, 6) is 0.142. The van der Waals surface area contributed by atoms with Crippen LogP contribution in [0.15, 0.2) is 52.9 Å². The highest BCUT2D eigenvalue weighted by Gasteiger charge is 2.13. The molecule has 0 aliphatic heterocycles. The van der Waals surface area contributed by atoms with Crippen molar-refractivity contribution in [1.29, 1.82) is 0 Å².